The van der Waals surface area contributed by atoms with Crippen molar-refractivity contribution in [1.82, 2.24) is 29.6 Å². The summed E-state index contributed by atoms with van der Waals surface area (Å²) in [5.41, 5.74) is -0.137. The molecule has 5 rings (SSSR count). The van der Waals surface area contributed by atoms with Crippen LogP contribution in [0.5, 0.6) is 11.5 Å². The summed E-state index contributed by atoms with van der Waals surface area (Å²) in [4.78, 5) is 36.5. The van der Waals surface area contributed by atoms with Gasteiger partial charge in [-0.1, -0.05) is 12.8 Å². The molecule has 40 heavy (non-hydrogen) atoms. The van der Waals surface area contributed by atoms with Crippen LogP contribution in [-0.4, -0.2) is 62.2 Å². The van der Waals surface area contributed by atoms with Crippen LogP contribution < -0.4 is 14.8 Å². The molecule has 2 aromatic heterocycles. The van der Waals surface area contributed by atoms with E-state index in [-0.39, 0.29) is 61.2 Å². The largest absolute Gasteiger partial charge is 0.493 e. The number of carbonyl (C=O) groups is 2. The first-order valence-electron chi connectivity index (χ1n) is 12.7. The molecule has 1 aliphatic carbocycles. The third kappa shape index (κ3) is 5.49. The molecule has 1 N–H and O–H groups in total. The van der Waals surface area contributed by atoms with Crippen molar-refractivity contribution in [3.8, 4) is 11.5 Å². The summed E-state index contributed by atoms with van der Waals surface area (Å²) in [6.45, 7) is -0.0148. The third-order valence-electron chi connectivity index (χ3n) is 7.52. The molecule has 0 bridgehead atoms. The number of amides is 2. The van der Waals surface area contributed by atoms with Gasteiger partial charge in [-0.25, -0.2) is 4.98 Å². The Morgan fingerprint density at radius 3 is 2.42 bits per heavy atom. The van der Waals surface area contributed by atoms with Crippen LogP contribution in [0.1, 0.15) is 50.2 Å². The predicted molar refractivity (Wildman–Crippen MR) is 137 cm³/mol. The lowest BCUT2D eigenvalue weighted by molar-refractivity contribution is -0.148. The van der Waals surface area contributed by atoms with Crippen molar-refractivity contribution >= 4 is 40.1 Å². The van der Waals surface area contributed by atoms with Crippen LogP contribution in [-0.2, 0) is 28.9 Å². The normalized spacial score (nSPS) is 16.6. The van der Waals surface area contributed by atoms with Gasteiger partial charge in [-0.2, -0.15) is 18.2 Å². The second-order valence-corrected chi connectivity index (χ2v) is 10.4. The molecule has 2 aliphatic rings. The van der Waals surface area contributed by atoms with Gasteiger partial charge in [-0.05, 0) is 35.9 Å². The van der Waals surface area contributed by atoms with Gasteiger partial charge in [-0.3, -0.25) is 9.59 Å². The van der Waals surface area contributed by atoms with E-state index in [0.29, 0.717) is 35.2 Å². The van der Waals surface area contributed by atoms with Crippen LogP contribution in [0.4, 0.5) is 19.0 Å². The monoisotopic (exact) mass is 581 g/mol. The zero-order chi connectivity index (χ0) is 28.7. The van der Waals surface area contributed by atoms with Crippen LogP contribution in [0.15, 0.2) is 12.1 Å². The van der Waals surface area contributed by atoms with Gasteiger partial charge in [0, 0.05) is 37.4 Å². The van der Waals surface area contributed by atoms with Gasteiger partial charge in [0.15, 0.2) is 17.3 Å². The van der Waals surface area contributed by atoms with Gasteiger partial charge in [0.2, 0.25) is 22.9 Å². The summed E-state index contributed by atoms with van der Waals surface area (Å²) in [6, 6.07) is 3.28. The Kier molecular flexibility index (Phi) is 7.46. The lowest BCUT2D eigenvalue weighted by Gasteiger charge is -2.33. The van der Waals surface area contributed by atoms with Gasteiger partial charge >= 0.3 is 6.18 Å². The fourth-order valence-electron chi connectivity index (χ4n) is 5.59. The molecule has 3 heterocycles. The Labute approximate surface area is 232 Å². The number of rotatable bonds is 7. The zero-order valence-corrected chi connectivity index (χ0v) is 22.6. The van der Waals surface area contributed by atoms with Gasteiger partial charge in [0.25, 0.3) is 0 Å². The van der Waals surface area contributed by atoms with Crippen molar-refractivity contribution in [3.63, 3.8) is 0 Å². The average molecular weight is 582 g/mol. The molecule has 0 spiro atoms. The molecule has 2 amide bonds. The number of carbonyl (C=O) groups excluding carboxylic acids is 2. The number of alkyl halides is 3. The average Bonchev–Trinajstić information content (AvgIpc) is 3.54. The van der Waals surface area contributed by atoms with Crippen molar-refractivity contribution in [2.24, 2.45) is 5.41 Å². The first-order valence-corrected chi connectivity index (χ1v) is 13.1. The van der Waals surface area contributed by atoms with Crippen molar-refractivity contribution in [2.75, 3.05) is 26.1 Å². The highest BCUT2D eigenvalue weighted by Gasteiger charge is 2.42. The number of halogens is 4. The lowest BCUT2D eigenvalue weighted by atomic mass is 9.78. The van der Waals surface area contributed by atoms with E-state index in [1.807, 2.05) is 0 Å². The quantitative estimate of drug-likeness (QED) is 0.411. The topological polar surface area (TPSA) is 124 Å². The van der Waals surface area contributed by atoms with Crippen molar-refractivity contribution in [2.45, 2.75) is 57.8 Å². The Bertz CT molecular complexity index is 1460. The van der Waals surface area contributed by atoms with E-state index in [9.17, 15) is 22.8 Å². The first kappa shape index (κ1) is 27.9. The predicted octanol–water partition coefficient (Wildman–Crippen LogP) is 4.23. The molecule has 15 heteroatoms. The molecule has 1 aromatic carbocycles. The van der Waals surface area contributed by atoms with Crippen molar-refractivity contribution in [1.29, 1.82) is 0 Å². The maximum atomic E-state index is 13.3. The fourth-order valence-corrected chi connectivity index (χ4v) is 5.77. The first-order chi connectivity index (χ1) is 19.0. The van der Waals surface area contributed by atoms with E-state index in [1.165, 1.54) is 19.1 Å². The molecule has 214 valence electrons. The highest BCUT2D eigenvalue weighted by Crippen LogP contribution is 2.45. The van der Waals surface area contributed by atoms with Crippen LogP contribution in [0.2, 0.25) is 5.28 Å². The highest BCUT2D eigenvalue weighted by molar-refractivity contribution is 6.29. The minimum absolute atomic E-state index is 0.0494. The highest BCUT2D eigenvalue weighted by atomic mass is 35.5. The minimum Gasteiger partial charge on any atom is -0.493 e. The summed E-state index contributed by atoms with van der Waals surface area (Å²) < 4.78 is 51.2. The van der Waals surface area contributed by atoms with E-state index in [4.69, 9.17) is 21.1 Å². The number of fused-ring (bicyclic) bond motifs is 2. The molecule has 1 saturated carbocycles. The maximum absolute atomic E-state index is 13.3. The lowest BCUT2D eigenvalue weighted by Crippen LogP contribution is -2.41. The van der Waals surface area contributed by atoms with Gasteiger partial charge in [0.05, 0.1) is 26.3 Å². The summed E-state index contributed by atoms with van der Waals surface area (Å²) in [7, 11) is 2.98. The molecule has 0 atom stereocenters. The molecule has 0 saturated heterocycles. The Morgan fingerprint density at radius 1 is 1.05 bits per heavy atom. The second-order valence-electron chi connectivity index (χ2n) is 10.1. The standard InChI is InChI=1S/C25H27ClF3N7O4/c1-39-16-9-14-15(10-17(16)40-2)30-23(26)32-21(14)31-19(37)11-24(5-3-4-6-24)12-20(38)35-7-8-36-18(13-35)33-34-22(36)25(27,28)29/h9-10H,3-8,11-13H2,1-2H3,(H,30,31,32,37). The fraction of sp³-hybridized carbons (Fsp3) is 0.520. The number of hydrogen-bond donors (Lipinski definition) is 1. The smallest absolute Gasteiger partial charge is 0.451 e. The van der Waals surface area contributed by atoms with Crippen LogP contribution in [0.25, 0.3) is 10.9 Å². The van der Waals surface area contributed by atoms with E-state index >= 15 is 0 Å². The molecule has 1 fully saturated rings. The van der Waals surface area contributed by atoms with Crippen LogP contribution >= 0.6 is 11.6 Å². The molecule has 3 aromatic rings. The number of anilines is 1. The van der Waals surface area contributed by atoms with Crippen LogP contribution in [0.3, 0.4) is 0 Å². The second kappa shape index (κ2) is 10.7. The molecule has 1 aliphatic heterocycles. The number of nitrogens with zero attached hydrogens (tertiary/aromatic N) is 6. The van der Waals surface area contributed by atoms with Gasteiger partial charge in [-0.15, -0.1) is 10.2 Å². The van der Waals surface area contributed by atoms with Gasteiger partial charge < -0.3 is 24.3 Å². The SMILES string of the molecule is COc1cc2nc(Cl)nc(NC(=O)CC3(CC(=O)N4CCn5c(nnc5C(F)(F)F)C4)CCCC3)c2cc1OC. The summed E-state index contributed by atoms with van der Waals surface area (Å²) in [5.74, 6) is -0.475. The molecular formula is C25H27ClF3N7O4. The minimum atomic E-state index is -4.62. The number of benzene rings is 1. The zero-order valence-electron chi connectivity index (χ0n) is 21.8. The third-order valence-corrected chi connectivity index (χ3v) is 7.69. The van der Waals surface area contributed by atoms with E-state index < -0.39 is 17.4 Å². The molecule has 0 radical (unpaired) electrons. The molecular weight excluding hydrogens is 555 g/mol. The summed E-state index contributed by atoms with van der Waals surface area (Å²) >= 11 is 6.12. The maximum Gasteiger partial charge on any atom is 0.451 e. The van der Waals surface area contributed by atoms with Crippen LogP contribution in [0, 0.1) is 5.41 Å². The Morgan fingerprint density at radius 2 is 1.75 bits per heavy atom. The number of aromatic nitrogens is 5. The summed E-state index contributed by atoms with van der Waals surface area (Å²) in [6.07, 6.45) is -1.38. The van der Waals surface area contributed by atoms with Gasteiger partial charge in [0.1, 0.15) is 5.82 Å². The summed E-state index contributed by atoms with van der Waals surface area (Å²) in [5, 5.41) is 10.2. The number of methoxy groups -OCH3 is 2. The van der Waals surface area contributed by atoms with E-state index in [1.54, 1.807) is 12.1 Å². The molecule has 0 unspecified atom stereocenters. The van der Waals surface area contributed by atoms with Crippen molar-refractivity contribution in [3.05, 3.63) is 29.1 Å². The molecule has 11 nitrogen and oxygen atoms in total. The van der Waals surface area contributed by atoms with E-state index in [2.05, 4.69) is 25.5 Å². The number of nitrogens with one attached hydrogen (secondary N) is 1. The number of hydrogen-bond acceptors (Lipinski definition) is 8. The number of ether oxygens (including phenoxy) is 2. The van der Waals surface area contributed by atoms with E-state index in [0.717, 1.165) is 17.4 Å². The Balaban J connectivity index is 1.31. The Hall–Kier alpha value is -3.68. The van der Waals surface area contributed by atoms with Crippen molar-refractivity contribution < 1.29 is 32.2 Å².